The zero-order valence-corrected chi connectivity index (χ0v) is 13.9. The van der Waals surface area contributed by atoms with Gasteiger partial charge in [-0.05, 0) is 48.5 Å². The zero-order chi connectivity index (χ0) is 18.1. The van der Waals surface area contributed by atoms with Gasteiger partial charge in [0.05, 0.1) is 18.2 Å². The molecule has 0 spiro atoms. The van der Waals surface area contributed by atoms with Crippen molar-refractivity contribution < 1.29 is 9.13 Å². The molecule has 0 bridgehead atoms. The minimum absolute atomic E-state index is 0.314. The predicted molar refractivity (Wildman–Crippen MR) is 97.1 cm³/mol. The molecule has 26 heavy (non-hydrogen) atoms. The Bertz CT molecular complexity index is 1150. The van der Waals surface area contributed by atoms with Crippen LogP contribution in [0.25, 0.3) is 27.8 Å². The first-order chi connectivity index (χ1) is 12.7. The van der Waals surface area contributed by atoms with Gasteiger partial charge in [-0.25, -0.2) is 4.39 Å². The number of hydrogen-bond acceptors (Lipinski definition) is 4. The fraction of sp³-hybridized carbons (Fsp3) is 0.0500. The average Bonchev–Trinajstić information content (AvgIpc) is 2.69. The molecule has 0 atom stereocenters. The molecule has 0 fully saturated rings. The predicted octanol–water partition coefficient (Wildman–Crippen LogP) is 3.60. The van der Waals surface area contributed by atoms with E-state index in [9.17, 15) is 9.18 Å². The van der Waals surface area contributed by atoms with Crippen molar-refractivity contribution in [3.05, 3.63) is 83.0 Å². The Hall–Kier alpha value is -3.54. The minimum Gasteiger partial charge on any atom is -0.497 e. The van der Waals surface area contributed by atoms with Crippen molar-refractivity contribution in [1.82, 2.24) is 14.8 Å². The molecule has 0 aliphatic heterocycles. The van der Waals surface area contributed by atoms with Crippen molar-refractivity contribution in [3.63, 3.8) is 0 Å². The normalized spacial score (nSPS) is 10.8. The summed E-state index contributed by atoms with van der Waals surface area (Å²) < 4.78 is 19.8. The van der Waals surface area contributed by atoms with E-state index in [-0.39, 0.29) is 11.4 Å². The van der Waals surface area contributed by atoms with E-state index in [1.807, 2.05) is 24.3 Å². The van der Waals surface area contributed by atoms with Crippen LogP contribution in [0, 0.1) is 5.82 Å². The van der Waals surface area contributed by atoms with Crippen LogP contribution in [-0.4, -0.2) is 21.9 Å². The van der Waals surface area contributed by atoms with Crippen LogP contribution in [-0.2, 0) is 0 Å². The molecule has 4 rings (SSSR count). The highest BCUT2D eigenvalue weighted by molar-refractivity contribution is 5.90. The molecule has 0 saturated heterocycles. The van der Waals surface area contributed by atoms with Gasteiger partial charge in [-0.3, -0.25) is 9.78 Å². The van der Waals surface area contributed by atoms with Crippen LogP contribution in [0.15, 0.2) is 71.7 Å². The third-order valence-electron chi connectivity index (χ3n) is 4.07. The third-order valence-corrected chi connectivity index (χ3v) is 4.07. The summed E-state index contributed by atoms with van der Waals surface area (Å²) in [6.07, 6.45) is 1.62. The number of rotatable bonds is 3. The Balaban J connectivity index is 2.04. The molecule has 2 aromatic heterocycles. The number of fused-ring (bicyclic) bond motifs is 1. The lowest BCUT2D eigenvalue weighted by atomic mass is 10.1. The standard InChI is InChI=1S/C20H14FN3O2/c1-26-16-5-2-4-13(12-16)18-19-17(6-3-11-22-19)20(25)24(23-18)15-9-7-14(21)8-10-15/h2-12H,1H3. The number of nitrogens with zero attached hydrogens (tertiary/aromatic N) is 3. The van der Waals surface area contributed by atoms with Crippen molar-refractivity contribution in [1.29, 1.82) is 0 Å². The molecule has 6 heteroatoms. The SMILES string of the molecule is COc1cccc(-c2nn(-c3ccc(F)cc3)c(=O)c3cccnc23)c1. The molecule has 0 unspecified atom stereocenters. The van der Waals surface area contributed by atoms with Crippen molar-refractivity contribution in [2.75, 3.05) is 7.11 Å². The Morgan fingerprint density at radius 1 is 1.04 bits per heavy atom. The molecular formula is C20H14FN3O2. The van der Waals surface area contributed by atoms with E-state index >= 15 is 0 Å². The van der Waals surface area contributed by atoms with Crippen LogP contribution in [0.4, 0.5) is 4.39 Å². The van der Waals surface area contributed by atoms with Gasteiger partial charge in [-0.15, -0.1) is 0 Å². The largest absolute Gasteiger partial charge is 0.497 e. The molecule has 0 aliphatic carbocycles. The van der Waals surface area contributed by atoms with E-state index in [4.69, 9.17) is 4.74 Å². The lowest BCUT2D eigenvalue weighted by molar-refractivity contribution is 0.415. The van der Waals surface area contributed by atoms with E-state index in [0.717, 1.165) is 5.56 Å². The van der Waals surface area contributed by atoms with E-state index in [0.29, 0.717) is 28.0 Å². The van der Waals surface area contributed by atoms with E-state index in [2.05, 4.69) is 10.1 Å². The first-order valence-corrected chi connectivity index (χ1v) is 7.96. The topological polar surface area (TPSA) is 57.0 Å². The molecule has 2 heterocycles. The van der Waals surface area contributed by atoms with Crippen molar-refractivity contribution in [2.24, 2.45) is 0 Å². The van der Waals surface area contributed by atoms with Gasteiger partial charge in [-0.2, -0.15) is 9.78 Å². The van der Waals surface area contributed by atoms with Crippen molar-refractivity contribution in [3.8, 4) is 22.7 Å². The third kappa shape index (κ3) is 2.71. The Morgan fingerprint density at radius 2 is 1.85 bits per heavy atom. The second-order valence-corrected chi connectivity index (χ2v) is 5.67. The average molecular weight is 347 g/mol. The second-order valence-electron chi connectivity index (χ2n) is 5.67. The van der Waals surface area contributed by atoms with Gasteiger partial charge in [0.1, 0.15) is 22.8 Å². The van der Waals surface area contributed by atoms with Crippen LogP contribution >= 0.6 is 0 Å². The van der Waals surface area contributed by atoms with Crippen LogP contribution < -0.4 is 10.3 Å². The molecule has 5 nitrogen and oxygen atoms in total. The number of aromatic nitrogens is 3. The Labute approximate surface area is 148 Å². The highest BCUT2D eigenvalue weighted by Gasteiger charge is 2.15. The Kier molecular flexibility index (Phi) is 3.93. The molecule has 2 aromatic carbocycles. The highest BCUT2D eigenvalue weighted by atomic mass is 19.1. The summed E-state index contributed by atoms with van der Waals surface area (Å²) in [5.74, 6) is 0.296. The summed E-state index contributed by atoms with van der Waals surface area (Å²) in [5, 5.41) is 4.94. The molecule has 128 valence electrons. The van der Waals surface area contributed by atoms with E-state index < -0.39 is 0 Å². The molecular weight excluding hydrogens is 333 g/mol. The van der Waals surface area contributed by atoms with Crippen LogP contribution in [0.1, 0.15) is 0 Å². The van der Waals surface area contributed by atoms with Gasteiger partial charge in [0, 0.05) is 11.8 Å². The molecule has 4 aromatic rings. The number of pyridine rings is 1. The molecule has 0 aliphatic rings. The smallest absolute Gasteiger partial charge is 0.280 e. The minimum atomic E-state index is -0.378. The number of ether oxygens (including phenoxy) is 1. The van der Waals surface area contributed by atoms with Gasteiger partial charge in [0.25, 0.3) is 5.56 Å². The van der Waals surface area contributed by atoms with Gasteiger partial charge < -0.3 is 4.74 Å². The number of hydrogen-bond donors (Lipinski definition) is 0. The van der Waals surface area contributed by atoms with Crippen LogP contribution in [0.2, 0.25) is 0 Å². The molecule has 0 radical (unpaired) electrons. The number of halogens is 1. The maximum atomic E-state index is 13.3. The number of benzene rings is 2. The lowest BCUT2D eigenvalue weighted by Crippen LogP contribution is -2.22. The number of methoxy groups -OCH3 is 1. The zero-order valence-electron chi connectivity index (χ0n) is 13.9. The van der Waals surface area contributed by atoms with Crippen LogP contribution in [0.5, 0.6) is 5.75 Å². The van der Waals surface area contributed by atoms with Gasteiger partial charge >= 0.3 is 0 Å². The summed E-state index contributed by atoms with van der Waals surface area (Å²) in [5.41, 5.74) is 1.98. The van der Waals surface area contributed by atoms with E-state index in [1.54, 1.807) is 25.4 Å². The van der Waals surface area contributed by atoms with Gasteiger partial charge in [0.2, 0.25) is 0 Å². The van der Waals surface area contributed by atoms with Crippen LogP contribution in [0.3, 0.4) is 0 Å². The molecule has 0 saturated carbocycles. The Morgan fingerprint density at radius 3 is 2.62 bits per heavy atom. The molecule has 0 amide bonds. The van der Waals surface area contributed by atoms with Gasteiger partial charge in [-0.1, -0.05) is 12.1 Å². The maximum Gasteiger partial charge on any atom is 0.280 e. The maximum absolute atomic E-state index is 13.3. The summed E-state index contributed by atoms with van der Waals surface area (Å²) in [4.78, 5) is 17.2. The van der Waals surface area contributed by atoms with Crippen molar-refractivity contribution in [2.45, 2.75) is 0 Å². The quantitative estimate of drug-likeness (QED) is 0.568. The summed E-state index contributed by atoms with van der Waals surface area (Å²) in [7, 11) is 1.59. The lowest BCUT2D eigenvalue weighted by Gasteiger charge is -2.11. The fourth-order valence-electron chi connectivity index (χ4n) is 2.80. The fourth-order valence-corrected chi connectivity index (χ4v) is 2.80. The first kappa shape index (κ1) is 16.0. The second kappa shape index (κ2) is 6.40. The molecule has 0 N–H and O–H groups in total. The first-order valence-electron chi connectivity index (χ1n) is 7.96. The van der Waals surface area contributed by atoms with E-state index in [1.165, 1.54) is 28.9 Å². The summed E-state index contributed by atoms with van der Waals surface area (Å²) >= 11 is 0. The van der Waals surface area contributed by atoms with Crippen molar-refractivity contribution >= 4 is 10.9 Å². The monoisotopic (exact) mass is 347 g/mol. The summed E-state index contributed by atoms with van der Waals surface area (Å²) in [6.45, 7) is 0. The summed E-state index contributed by atoms with van der Waals surface area (Å²) in [6, 6.07) is 16.4. The highest BCUT2D eigenvalue weighted by Crippen LogP contribution is 2.26. The van der Waals surface area contributed by atoms with Gasteiger partial charge in [0.15, 0.2) is 0 Å².